The molecule has 5 N–H and O–H groups in total. The van der Waals surface area contributed by atoms with Crippen LogP contribution in [-0.2, 0) is 0 Å². The topological polar surface area (TPSA) is 117 Å². The van der Waals surface area contributed by atoms with Gasteiger partial charge in [-0.15, -0.1) is 0 Å². The lowest BCUT2D eigenvalue weighted by Gasteiger charge is -2.25. The van der Waals surface area contributed by atoms with Crippen LogP contribution in [0.1, 0.15) is 0 Å². The number of hydrogen-bond acceptors (Lipinski definition) is 7. The SMILES string of the molecule is Oc1c(O)c(O)c(-c2ccc(-c3ccc(-c4ccc(N(c5ccccc5)c5ccc(-c6ccccc6)cc5)cn4)cc3)cc2)c(O)c1O. The monoisotopic (exact) mass is 630 g/mol. The maximum Gasteiger partial charge on any atom is 0.208 e. The lowest BCUT2D eigenvalue weighted by molar-refractivity contribution is 0.330. The second kappa shape index (κ2) is 12.6. The van der Waals surface area contributed by atoms with E-state index in [1.165, 1.54) is 5.56 Å². The summed E-state index contributed by atoms with van der Waals surface area (Å²) in [5.74, 6) is -4.27. The van der Waals surface area contributed by atoms with Gasteiger partial charge in [-0.05, 0) is 64.2 Å². The Bertz CT molecular complexity index is 2160. The van der Waals surface area contributed by atoms with Crippen molar-refractivity contribution in [1.29, 1.82) is 0 Å². The third-order valence-corrected chi connectivity index (χ3v) is 8.31. The molecule has 0 radical (unpaired) electrons. The molecule has 0 spiro atoms. The van der Waals surface area contributed by atoms with Crippen molar-refractivity contribution in [2.45, 2.75) is 0 Å². The minimum absolute atomic E-state index is 0.186. The maximum absolute atomic E-state index is 10.3. The van der Waals surface area contributed by atoms with Crippen LogP contribution >= 0.6 is 0 Å². The van der Waals surface area contributed by atoms with Gasteiger partial charge >= 0.3 is 0 Å². The van der Waals surface area contributed by atoms with Crippen LogP contribution in [0.2, 0.25) is 0 Å². The van der Waals surface area contributed by atoms with Crippen LogP contribution in [0.15, 0.2) is 152 Å². The number of nitrogens with zero attached hydrogens (tertiary/aromatic N) is 2. The normalized spacial score (nSPS) is 10.9. The van der Waals surface area contributed by atoms with Crippen molar-refractivity contribution in [3.63, 3.8) is 0 Å². The van der Waals surface area contributed by atoms with Crippen LogP contribution < -0.4 is 4.90 Å². The van der Waals surface area contributed by atoms with Crippen molar-refractivity contribution in [1.82, 2.24) is 4.98 Å². The summed E-state index contributed by atoms with van der Waals surface area (Å²) in [6, 6.07) is 47.9. The fourth-order valence-electron chi connectivity index (χ4n) is 5.77. The molecular formula is C41H30N2O5. The van der Waals surface area contributed by atoms with Crippen molar-refractivity contribution < 1.29 is 25.5 Å². The quantitative estimate of drug-likeness (QED) is 0.0879. The van der Waals surface area contributed by atoms with Gasteiger partial charge in [0.25, 0.3) is 0 Å². The zero-order valence-electron chi connectivity index (χ0n) is 25.6. The second-order valence-corrected chi connectivity index (χ2v) is 11.3. The molecule has 0 bridgehead atoms. The van der Waals surface area contributed by atoms with Crippen molar-refractivity contribution in [3.8, 4) is 73.4 Å². The van der Waals surface area contributed by atoms with Crippen LogP contribution in [0.5, 0.6) is 28.7 Å². The average Bonchev–Trinajstić information content (AvgIpc) is 3.15. The highest BCUT2D eigenvalue weighted by Crippen LogP contribution is 2.54. The number of rotatable bonds is 7. The molecule has 0 saturated heterocycles. The zero-order chi connectivity index (χ0) is 33.2. The van der Waals surface area contributed by atoms with E-state index in [9.17, 15) is 25.5 Å². The molecule has 0 aliphatic carbocycles. The first-order valence-corrected chi connectivity index (χ1v) is 15.3. The summed E-state index contributed by atoms with van der Waals surface area (Å²) in [4.78, 5) is 7.00. The average molecular weight is 631 g/mol. The number of aromatic hydroxyl groups is 5. The number of phenolic OH excluding ortho intramolecular Hbond substituents is 5. The van der Waals surface area contributed by atoms with Crippen molar-refractivity contribution >= 4 is 17.1 Å². The summed E-state index contributed by atoms with van der Waals surface area (Å²) in [5, 5.41) is 50.1. The number of pyridine rings is 1. The number of anilines is 3. The van der Waals surface area contributed by atoms with E-state index >= 15 is 0 Å². The highest BCUT2D eigenvalue weighted by atomic mass is 16.4. The Balaban J connectivity index is 1.13. The molecule has 0 atom stereocenters. The fourth-order valence-corrected chi connectivity index (χ4v) is 5.77. The van der Waals surface area contributed by atoms with Gasteiger partial charge in [-0.1, -0.05) is 109 Å². The fraction of sp³-hybridized carbons (Fsp3) is 0. The molecule has 0 amide bonds. The van der Waals surface area contributed by atoms with Gasteiger partial charge in [-0.3, -0.25) is 4.98 Å². The maximum atomic E-state index is 10.3. The molecule has 48 heavy (non-hydrogen) atoms. The number of hydrogen-bond donors (Lipinski definition) is 5. The molecule has 0 saturated carbocycles. The largest absolute Gasteiger partial charge is 0.504 e. The molecule has 0 aliphatic heterocycles. The summed E-state index contributed by atoms with van der Waals surface area (Å²) in [6.07, 6.45) is 1.88. The van der Waals surface area contributed by atoms with Crippen LogP contribution in [0.4, 0.5) is 17.1 Å². The predicted molar refractivity (Wildman–Crippen MR) is 189 cm³/mol. The van der Waals surface area contributed by atoms with E-state index in [0.717, 1.165) is 45.0 Å². The highest BCUT2D eigenvalue weighted by molar-refractivity contribution is 5.86. The Morgan fingerprint density at radius 2 is 0.729 bits per heavy atom. The Hall–Kier alpha value is -6.73. The Labute approximate surface area is 277 Å². The van der Waals surface area contributed by atoms with Crippen LogP contribution in [0.3, 0.4) is 0 Å². The standard InChI is InChI=1S/C41H30N2O5/c44-37-36(38(45)40(47)41(48)39(37)46)31-17-13-28(14-18-31)27-11-15-30(16-12-27)35-24-23-34(25-42-35)43(32-9-5-2-6-10-32)33-21-19-29(20-22-33)26-7-3-1-4-8-26/h1-25,44-48H. The zero-order valence-corrected chi connectivity index (χ0v) is 25.6. The van der Waals surface area contributed by atoms with Gasteiger partial charge in [-0.25, -0.2) is 0 Å². The second-order valence-electron chi connectivity index (χ2n) is 11.3. The first-order chi connectivity index (χ1) is 23.4. The first kappa shape index (κ1) is 30.0. The van der Waals surface area contributed by atoms with Crippen LogP contribution in [0, 0.1) is 0 Å². The van der Waals surface area contributed by atoms with Gasteiger partial charge < -0.3 is 30.4 Å². The summed E-state index contributed by atoms with van der Waals surface area (Å²) in [6.45, 7) is 0. The Morgan fingerprint density at radius 3 is 1.25 bits per heavy atom. The summed E-state index contributed by atoms with van der Waals surface area (Å²) >= 11 is 0. The molecule has 7 aromatic rings. The summed E-state index contributed by atoms with van der Waals surface area (Å²) in [7, 11) is 0. The number of para-hydroxylation sites is 1. The molecule has 0 fully saturated rings. The molecule has 0 unspecified atom stereocenters. The van der Waals surface area contributed by atoms with Crippen molar-refractivity contribution in [2.75, 3.05) is 4.90 Å². The van der Waals surface area contributed by atoms with Crippen molar-refractivity contribution in [2.24, 2.45) is 0 Å². The van der Waals surface area contributed by atoms with Gasteiger partial charge in [0, 0.05) is 16.9 Å². The van der Waals surface area contributed by atoms with E-state index in [2.05, 4.69) is 59.5 Å². The number of aromatic nitrogens is 1. The summed E-state index contributed by atoms with van der Waals surface area (Å²) < 4.78 is 0. The molecule has 6 aromatic carbocycles. The van der Waals surface area contributed by atoms with Crippen LogP contribution in [-0.4, -0.2) is 30.5 Å². The highest BCUT2D eigenvalue weighted by Gasteiger charge is 2.24. The molecule has 7 heteroatoms. The van der Waals surface area contributed by atoms with E-state index in [-0.39, 0.29) is 5.56 Å². The predicted octanol–water partition coefficient (Wildman–Crippen LogP) is 9.75. The third kappa shape index (κ3) is 5.61. The van der Waals surface area contributed by atoms with E-state index in [4.69, 9.17) is 4.98 Å². The molecular weight excluding hydrogens is 600 g/mol. The third-order valence-electron chi connectivity index (χ3n) is 8.31. The Kier molecular flexibility index (Phi) is 7.85. The lowest BCUT2D eigenvalue weighted by Crippen LogP contribution is -2.10. The minimum Gasteiger partial charge on any atom is -0.504 e. The number of phenols is 5. The lowest BCUT2D eigenvalue weighted by atomic mass is 9.97. The summed E-state index contributed by atoms with van der Waals surface area (Å²) in [5.41, 5.74) is 9.04. The molecule has 1 heterocycles. The Morgan fingerprint density at radius 1 is 0.333 bits per heavy atom. The molecule has 234 valence electrons. The molecule has 1 aromatic heterocycles. The van der Waals surface area contributed by atoms with Gasteiger partial charge in [-0.2, -0.15) is 0 Å². The van der Waals surface area contributed by atoms with E-state index in [1.807, 2.05) is 72.9 Å². The minimum atomic E-state index is -0.989. The van der Waals surface area contributed by atoms with Crippen molar-refractivity contribution in [3.05, 3.63) is 152 Å². The molecule has 7 rings (SSSR count). The van der Waals surface area contributed by atoms with E-state index < -0.39 is 28.7 Å². The van der Waals surface area contributed by atoms with E-state index in [1.54, 1.807) is 24.3 Å². The molecule has 0 aliphatic rings. The smallest absolute Gasteiger partial charge is 0.208 e. The number of benzene rings is 6. The van der Waals surface area contributed by atoms with Gasteiger partial charge in [0.1, 0.15) is 0 Å². The van der Waals surface area contributed by atoms with Gasteiger partial charge in [0.05, 0.1) is 23.1 Å². The van der Waals surface area contributed by atoms with Crippen LogP contribution in [0.25, 0.3) is 44.6 Å². The van der Waals surface area contributed by atoms with Gasteiger partial charge in [0.15, 0.2) is 11.5 Å². The van der Waals surface area contributed by atoms with Gasteiger partial charge in [0.2, 0.25) is 17.2 Å². The van der Waals surface area contributed by atoms with E-state index in [0.29, 0.717) is 5.56 Å². The first-order valence-electron chi connectivity index (χ1n) is 15.3. The molecule has 7 nitrogen and oxygen atoms in total.